The number of ether oxygens (including phenoxy) is 1. The van der Waals surface area contributed by atoms with Gasteiger partial charge < -0.3 is 19.9 Å². The average Bonchev–Trinajstić information content (AvgIpc) is 2.60. The first-order valence-electron chi connectivity index (χ1n) is 9.32. The SMILES string of the molecule is CCOC(=O)N1CCN(c2cc(Nc3cc(C)cc(C)c3)nc(C)n2)CC1. The van der Waals surface area contributed by atoms with Crippen molar-refractivity contribution in [2.75, 3.05) is 43.0 Å². The highest BCUT2D eigenvalue weighted by Gasteiger charge is 2.23. The molecule has 0 aliphatic carbocycles. The van der Waals surface area contributed by atoms with Crippen LogP contribution in [-0.4, -0.2) is 53.7 Å². The fourth-order valence-electron chi connectivity index (χ4n) is 3.31. The largest absolute Gasteiger partial charge is 0.450 e. The third-order valence-corrected chi connectivity index (χ3v) is 4.45. The highest BCUT2D eigenvalue weighted by Crippen LogP contribution is 2.22. The zero-order valence-corrected chi connectivity index (χ0v) is 16.5. The highest BCUT2D eigenvalue weighted by atomic mass is 16.6. The van der Waals surface area contributed by atoms with E-state index in [-0.39, 0.29) is 6.09 Å². The lowest BCUT2D eigenvalue weighted by Gasteiger charge is -2.34. The molecule has 0 spiro atoms. The summed E-state index contributed by atoms with van der Waals surface area (Å²) < 4.78 is 5.08. The smallest absolute Gasteiger partial charge is 0.409 e. The molecule has 1 fully saturated rings. The summed E-state index contributed by atoms with van der Waals surface area (Å²) in [4.78, 5) is 24.9. The lowest BCUT2D eigenvalue weighted by molar-refractivity contribution is 0.105. The van der Waals surface area contributed by atoms with Crippen LogP contribution in [0.25, 0.3) is 0 Å². The first kappa shape index (κ1) is 18.9. The Morgan fingerprint density at radius 2 is 1.70 bits per heavy atom. The number of nitrogens with zero attached hydrogens (tertiary/aromatic N) is 4. The van der Waals surface area contributed by atoms with Crippen LogP contribution in [0, 0.1) is 20.8 Å². The van der Waals surface area contributed by atoms with E-state index in [9.17, 15) is 4.79 Å². The molecule has 0 unspecified atom stereocenters. The molecule has 1 aromatic carbocycles. The van der Waals surface area contributed by atoms with E-state index in [4.69, 9.17) is 4.74 Å². The summed E-state index contributed by atoms with van der Waals surface area (Å²) in [5, 5.41) is 3.39. The summed E-state index contributed by atoms with van der Waals surface area (Å²) in [5.41, 5.74) is 3.43. The fraction of sp³-hybridized carbons (Fsp3) is 0.450. The molecule has 1 N–H and O–H groups in total. The average molecular weight is 369 g/mol. The number of rotatable bonds is 4. The van der Waals surface area contributed by atoms with Gasteiger partial charge in [-0.15, -0.1) is 0 Å². The van der Waals surface area contributed by atoms with E-state index in [0.29, 0.717) is 25.5 Å². The number of piperazine rings is 1. The van der Waals surface area contributed by atoms with Gasteiger partial charge in [-0.1, -0.05) is 6.07 Å². The lowest BCUT2D eigenvalue weighted by Crippen LogP contribution is -2.49. The van der Waals surface area contributed by atoms with Crippen LogP contribution in [-0.2, 0) is 4.74 Å². The molecular weight excluding hydrogens is 342 g/mol. The zero-order chi connectivity index (χ0) is 19.4. The molecule has 0 atom stereocenters. The van der Waals surface area contributed by atoms with E-state index >= 15 is 0 Å². The van der Waals surface area contributed by atoms with Crippen LogP contribution in [0.1, 0.15) is 23.9 Å². The minimum atomic E-state index is -0.242. The monoisotopic (exact) mass is 369 g/mol. The van der Waals surface area contributed by atoms with Crippen LogP contribution in [0.5, 0.6) is 0 Å². The molecule has 7 nitrogen and oxygen atoms in total. The molecule has 1 amide bonds. The number of carbonyl (C=O) groups is 1. The van der Waals surface area contributed by atoms with Gasteiger partial charge in [-0.2, -0.15) is 0 Å². The van der Waals surface area contributed by atoms with E-state index in [2.05, 4.69) is 52.2 Å². The van der Waals surface area contributed by atoms with Crippen molar-refractivity contribution in [3.8, 4) is 0 Å². The quantitative estimate of drug-likeness (QED) is 0.890. The maximum absolute atomic E-state index is 11.9. The summed E-state index contributed by atoms with van der Waals surface area (Å²) >= 11 is 0. The van der Waals surface area contributed by atoms with Gasteiger partial charge in [-0.05, 0) is 51.0 Å². The first-order chi connectivity index (χ1) is 12.9. The van der Waals surface area contributed by atoms with E-state index in [1.807, 2.05) is 19.9 Å². The number of aryl methyl sites for hydroxylation is 3. The van der Waals surface area contributed by atoms with Crippen molar-refractivity contribution in [3.63, 3.8) is 0 Å². The summed E-state index contributed by atoms with van der Waals surface area (Å²) in [7, 11) is 0. The number of benzene rings is 1. The van der Waals surface area contributed by atoms with Gasteiger partial charge in [-0.25, -0.2) is 14.8 Å². The summed E-state index contributed by atoms with van der Waals surface area (Å²) in [5.74, 6) is 2.36. The van der Waals surface area contributed by atoms with Crippen molar-refractivity contribution < 1.29 is 9.53 Å². The van der Waals surface area contributed by atoms with Crippen molar-refractivity contribution in [2.24, 2.45) is 0 Å². The Bertz CT molecular complexity index is 796. The van der Waals surface area contributed by atoms with Gasteiger partial charge in [0, 0.05) is 37.9 Å². The molecule has 27 heavy (non-hydrogen) atoms. The Morgan fingerprint density at radius 3 is 2.33 bits per heavy atom. The van der Waals surface area contributed by atoms with Crippen LogP contribution < -0.4 is 10.2 Å². The van der Waals surface area contributed by atoms with Gasteiger partial charge in [0.05, 0.1) is 6.61 Å². The van der Waals surface area contributed by atoms with Crippen molar-refractivity contribution in [3.05, 3.63) is 41.2 Å². The van der Waals surface area contributed by atoms with Gasteiger partial charge in [0.1, 0.15) is 17.5 Å². The summed E-state index contributed by atoms with van der Waals surface area (Å²) in [6.45, 7) is 11.0. The molecule has 0 saturated carbocycles. The standard InChI is InChI=1S/C20H27N5O2/c1-5-27-20(26)25-8-6-24(7-9-25)19-13-18(21-16(4)22-19)23-17-11-14(2)10-15(3)12-17/h10-13H,5-9H2,1-4H3,(H,21,22,23). The second kappa shape index (κ2) is 8.24. The van der Waals surface area contributed by atoms with Crippen molar-refractivity contribution in [2.45, 2.75) is 27.7 Å². The molecule has 3 rings (SSSR count). The number of carbonyl (C=O) groups excluding carboxylic acids is 1. The molecule has 2 aromatic rings. The topological polar surface area (TPSA) is 70.6 Å². The van der Waals surface area contributed by atoms with Gasteiger partial charge in [0.25, 0.3) is 0 Å². The van der Waals surface area contributed by atoms with Gasteiger partial charge in [-0.3, -0.25) is 0 Å². The number of anilines is 3. The predicted octanol–water partition coefficient (Wildman–Crippen LogP) is 3.42. The Balaban J connectivity index is 1.71. The molecule has 0 radical (unpaired) electrons. The predicted molar refractivity (Wildman–Crippen MR) is 107 cm³/mol. The lowest BCUT2D eigenvalue weighted by atomic mass is 10.1. The maximum Gasteiger partial charge on any atom is 0.409 e. The molecular formula is C20H27N5O2. The Hall–Kier alpha value is -2.83. The van der Waals surface area contributed by atoms with Crippen LogP contribution in [0.4, 0.5) is 22.1 Å². The van der Waals surface area contributed by atoms with Crippen LogP contribution in [0.3, 0.4) is 0 Å². The minimum Gasteiger partial charge on any atom is -0.450 e. The van der Waals surface area contributed by atoms with Crippen molar-refractivity contribution in [1.82, 2.24) is 14.9 Å². The third kappa shape index (κ3) is 4.87. The number of hydrogen-bond donors (Lipinski definition) is 1. The van der Waals surface area contributed by atoms with Crippen molar-refractivity contribution in [1.29, 1.82) is 0 Å². The number of hydrogen-bond acceptors (Lipinski definition) is 6. The van der Waals surface area contributed by atoms with E-state index < -0.39 is 0 Å². The highest BCUT2D eigenvalue weighted by molar-refractivity contribution is 5.68. The summed E-state index contributed by atoms with van der Waals surface area (Å²) in [6, 6.07) is 8.31. The fourth-order valence-corrected chi connectivity index (χ4v) is 3.31. The van der Waals surface area contributed by atoms with Gasteiger partial charge >= 0.3 is 6.09 Å². The molecule has 144 valence electrons. The Kier molecular flexibility index (Phi) is 5.78. The van der Waals surface area contributed by atoms with Gasteiger partial charge in [0.2, 0.25) is 0 Å². The van der Waals surface area contributed by atoms with Crippen LogP contribution in [0.15, 0.2) is 24.3 Å². The second-order valence-corrected chi connectivity index (χ2v) is 6.83. The number of amides is 1. The molecule has 0 bridgehead atoms. The zero-order valence-electron chi connectivity index (χ0n) is 16.5. The molecule has 1 aromatic heterocycles. The summed E-state index contributed by atoms with van der Waals surface area (Å²) in [6.07, 6.45) is -0.242. The number of nitrogens with one attached hydrogen (secondary N) is 1. The van der Waals surface area contributed by atoms with Gasteiger partial charge in [0.15, 0.2) is 0 Å². The normalized spacial score (nSPS) is 14.2. The van der Waals surface area contributed by atoms with E-state index in [0.717, 1.165) is 30.4 Å². The molecule has 1 aliphatic heterocycles. The van der Waals surface area contributed by atoms with Crippen LogP contribution in [0.2, 0.25) is 0 Å². The minimum absolute atomic E-state index is 0.242. The molecule has 7 heteroatoms. The third-order valence-electron chi connectivity index (χ3n) is 4.45. The van der Waals surface area contributed by atoms with Crippen LogP contribution >= 0.6 is 0 Å². The second-order valence-electron chi connectivity index (χ2n) is 6.83. The molecule has 1 aliphatic rings. The van der Waals surface area contributed by atoms with E-state index in [1.165, 1.54) is 11.1 Å². The van der Waals surface area contributed by atoms with E-state index in [1.54, 1.807) is 4.90 Å². The maximum atomic E-state index is 11.9. The molecule has 2 heterocycles. The first-order valence-corrected chi connectivity index (χ1v) is 9.32. The number of aromatic nitrogens is 2. The van der Waals surface area contributed by atoms with Crippen molar-refractivity contribution >= 4 is 23.4 Å². The Labute approximate surface area is 160 Å². The molecule has 1 saturated heterocycles. The Morgan fingerprint density at radius 1 is 1.04 bits per heavy atom.